The van der Waals surface area contributed by atoms with Crippen LogP contribution in [0.15, 0.2) is 0 Å². The quantitative estimate of drug-likeness (QED) is 0.411. The molecule has 0 aliphatic heterocycles. The van der Waals surface area contributed by atoms with Crippen LogP contribution in [0.25, 0.3) is 0 Å². The molecule has 0 aromatic carbocycles. The third-order valence-electron chi connectivity index (χ3n) is 2.36. The maximum absolute atomic E-state index is 10.7. The van der Waals surface area contributed by atoms with Gasteiger partial charge in [-0.05, 0) is 12.3 Å². The zero-order valence-electron chi connectivity index (χ0n) is 9.71. The molecule has 0 aliphatic rings. The first-order valence-electron chi connectivity index (χ1n) is 3.61. The van der Waals surface area contributed by atoms with Gasteiger partial charge < -0.3 is 11.6 Å². The summed E-state index contributed by atoms with van der Waals surface area (Å²) < 4.78 is 0. The summed E-state index contributed by atoms with van der Waals surface area (Å²) in [6.45, 7) is 6.00. The van der Waals surface area contributed by atoms with Crippen molar-refractivity contribution in [2.45, 2.75) is 27.7 Å². The van der Waals surface area contributed by atoms with Crippen LogP contribution in [0.2, 0.25) is 0 Å². The smallest absolute Gasteiger partial charge is 1.00 e. The molecule has 0 aromatic rings. The van der Waals surface area contributed by atoms with Gasteiger partial charge in [-0.25, -0.2) is 0 Å². The zero-order chi connectivity index (χ0) is 10.2. The number of hydrogen-bond donors (Lipinski definition) is 2. The van der Waals surface area contributed by atoms with E-state index in [1.165, 1.54) is 6.92 Å². The Balaban J connectivity index is -0.000000605. The first kappa shape index (κ1) is 15.4. The molecule has 5 heteroatoms. The van der Waals surface area contributed by atoms with Crippen LogP contribution < -0.4 is 29.6 Å². The molecule has 0 atom stereocenters. The van der Waals surface area contributed by atoms with Gasteiger partial charge in [-0.15, -0.1) is 0 Å². The third kappa shape index (κ3) is 2.69. The van der Waals surface area contributed by atoms with Gasteiger partial charge >= 0.3 is 41.5 Å². The minimum atomic E-state index is -1.73. The first-order valence-corrected chi connectivity index (χ1v) is 3.61. The van der Waals surface area contributed by atoms with E-state index in [4.69, 9.17) is 10.2 Å². The van der Waals surface area contributed by atoms with Crippen LogP contribution in [0.5, 0.6) is 0 Å². The third-order valence-corrected chi connectivity index (χ3v) is 2.36. The molecular formula is C8H15NaO4. The van der Waals surface area contributed by atoms with Gasteiger partial charge in [0, 0.05) is 0 Å². The van der Waals surface area contributed by atoms with Crippen molar-refractivity contribution in [3.8, 4) is 0 Å². The Bertz CT molecular complexity index is 208. The second-order valence-corrected chi connectivity index (χ2v) is 3.99. The summed E-state index contributed by atoms with van der Waals surface area (Å²) in [6, 6.07) is 0. The van der Waals surface area contributed by atoms with Crippen molar-refractivity contribution >= 4 is 11.9 Å². The maximum atomic E-state index is 10.7. The summed E-state index contributed by atoms with van der Waals surface area (Å²) in [7, 11) is 0. The summed E-state index contributed by atoms with van der Waals surface area (Å²) in [5.41, 5.74) is -2.53. The van der Waals surface area contributed by atoms with Gasteiger partial charge in [-0.3, -0.25) is 9.59 Å². The van der Waals surface area contributed by atoms with E-state index in [0.29, 0.717) is 0 Å². The molecule has 0 saturated heterocycles. The van der Waals surface area contributed by atoms with Crippen LogP contribution in [0.1, 0.15) is 29.1 Å². The molecule has 0 saturated carbocycles. The molecule has 0 rings (SSSR count). The topological polar surface area (TPSA) is 74.6 Å². The Kier molecular flexibility index (Phi) is 5.26. The van der Waals surface area contributed by atoms with E-state index in [-0.39, 0.29) is 31.0 Å². The summed E-state index contributed by atoms with van der Waals surface area (Å²) in [5.74, 6) is -2.61. The number of carboxylic acid groups (broad SMARTS) is 2. The van der Waals surface area contributed by atoms with Crippen molar-refractivity contribution in [3.05, 3.63) is 0 Å². The molecule has 0 unspecified atom stereocenters. The predicted octanol–water partition coefficient (Wildman–Crippen LogP) is -1.68. The Morgan fingerprint density at radius 2 is 1.23 bits per heavy atom. The monoisotopic (exact) mass is 198 g/mol. The van der Waals surface area contributed by atoms with Gasteiger partial charge in [0.1, 0.15) is 0 Å². The first-order chi connectivity index (χ1) is 5.14. The minimum absolute atomic E-state index is 0. The summed E-state index contributed by atoms with van der Waals surface area (Å²) in [6.07, 6.45) is 0. The van der Waals surface area contributed by atoms with Gasteiger partial charge in [0.2, 0.25) is 0 Å². The van der Waals surface area contributed by atoms with Crippen LogP contribution in [0.4, 0.5) is 0 Å². The van der Waals surface area contributed by atoms with Crippen LogP contribution in [-0.2, 0) is 9.59 Å². The summed E-state index contributed by atoms with van der Waals surface area (Å²) in [5, 5.41) is 17.5. The van der Waals surface area contributed by atoms with Gasteiger partial charge in [-0.2, -0.15) is 0 Å². The average Bonchev–Trinajstić information content (AvgIpc) is 1.82. The molecule has 72 valence electrons. The molecule has 0 aromatic heterocycles. The Morgan fingerprint density at radius 1 is 1.00 bits per heavy atom. The van der Waals surface area contributed by atoms with Crippen molar-refractivity contribution in [1.29, 1.82) is 0 Å². The van der Waals surface area contributed by atoms with E-state index < -0.39 is 22.8 Å². The summed E-state index contributed by atoms with van der Waals surface area (Å²) in [4.78, 5) is 21.5. The van der Waals surface area contributed by atoms with Crippen molar-refractivity contribution in [1.82, 2.24) is 0 Å². The fourth-order valence-corrected chi connectivity index (χ4v) is 0.733. The van der Waals surface area contributed by atoms with E-state index in [1.807, 2.05) is 0 Å². The second-order valence-electron chi connectivity index (χ2n) is 3.99. The average molecular weight is 198 g/mol. The predicted molar refractivity (Wildman–Crippen MR) is 43.9 cm³/mol. The Labute approximate surface area is 101 Å². The van der Waals surface area contributed by atoms with Crippen molar-refractivity contribution in [2.24, 2.45) is 10.8 Å². The van der Waals surface area contributed by atoms with Crippen LogP contribution in [0, 0.1) is 10.8 Å². The number of carbonyl (C=O) groups is 2. The van der Waals surface area contributed by atoms with Crippen molar-refractivity contribution in [2.75, 3.05) is 0 Å². The van der Waals surface area contributed by atoms with Gasteiger partial charge in [-0.1, -0.05) is 20.8 Å². The van der Waals surface area contributed by atoms with E-state index in [2.05, 4.69) is 0 Å². The van der Waals surface area contributed by atoms with Crippen molar-refractivity contribution < 1.29 is 50.8 Å². The molecule has 0 spiro atoms. The fraction of sp³-hybridized carbons (Fsp3) is 0.750. The molecule has 2 N–H and O–H groups in total. The molecule has 13 heavy (non-hydrogen) atoms. The molecule has 4 nitrogen and oxygen atoms in total. The normalized spacial score (nSPS) is 11.7. The van der Waals surface area contributed by atoms with Crippen LogP contribution >= 0.6 is 0 Å². The van der Waals surface area contributed by atoms with E-state index >= 15 is 0 Å². The molecule has 0 fully saturated rings. The number of carboxylic acids is 2. The number of rotatable bonds is 2. The Morgan fingerprint density at radius 3 is 1.23 bits per heavy atom. The number of hydrogen-bond acceptors (Lipinski definition) is 2. The van der Waals surface area contributed by atoms with Gasteiger partial charge in [0.25, 0.3) is 0 Å². The van der Waals surface area contributed by atoms with Crippen molar-refractivity contribution in [3.63, 3.8) is 0 Å². The van der Waals surface area contributed by atoms with E-state index in [1.54, 1.807) is 20.8 Å². The fourth-order valence-electron chi connectivity index (χ4n) is 0.733. The Hall–Kier alpha value is -0.0600. The standard InChI is InChI=1S/C8H14O4.Na.H/c1-7(2,3)8(4,5(9)10)6(11)12;;/h1-4H3,(H,9,10)(H,11,12);;/q;+1;-1. The molecule has 0 bridgehead atoms. The van der Waals surface area contributed by atoms with Gasteiger partial charge in [0.15, 0.2) is 5.41 Å². The van der Waals surface area contributed by atoms with Gasteiger partial charge in [0.05, 0.1) is 0 Å². The second kappa shape index (κ2) is 4.44. The van der Waals surface area contributed by atoms with E-state index in [9.17, 15) is 9.59 Å². The molecule has 0 radical (unpaired) electrons. The largest absolute Gasteiger partial charge is 1.00 e. The molecule has 0 aliphatic carbocycles. The van der Waals surface area contributed by atoms with E-state index in [0.717, 1.165) is 0 Å². The summed E-state index contributed by atoms with van der Waals surface area (Å²) >= 11 is 0. The SMILES string of the molecule is CC(C)(C)C(C)(C(=O)O)C(=O)O.[H-].[Na+]. The molecular weight excluding hydrogens is 183 g/mol. The number of aliphatic carboxylic acids is 2. The molecule has 0 amide bonds. The van der Waals surface area contributed by atoms with Crippen LogP contribution in [0.3, 0.4) is 0 Å². The maximum Gasteiger partial charge on any atom is 1.00 e. The van der Waals surface area contributed by atoms with Crippen LogP contribution in [-0.4, -0.2) is 22.2 Å². The zero-order valence-corrected chi connectivity index (χ0v) is 10.7. The molecule has 0 heterocycles. The minimum Gasteiger partial charge on any atom is -1.00 e.